The molecule has 2 aliphatic rings. The Morgan fingerprint density at radius 3 is 2.96 bits per heavy atom. The summed E-state index contributed by atoms with van der Waals surface area (Å²) in [4.78, 5) is 27.7. The molecule has 0 saturated carbocycles. The first-order valence-electron chi connectivity index (χ1n) is 8.26. The Labute approximate surface area is 139 Å². The number of nitrogens with zero attached hydrogens (tertiary/aromatic N) is 3. The zero-order valence-electron chi connectivity index (χ0n) is 13.3. The molecule has 0 bridgehead atoms. The highest BCUT2D eigenvalue weighted by Crippen LogP contribution is 2.26. The predicted octanol–water partition coefficient (Wildman–Crippen LogP) is 0.520. The Kier molecular flexibility index (Phi) is 3.76. The number of aromatic nitrogens is 3. The summed E-state index contributed by atoms with van der Waals surface area (Å²) < 4.78 is 0. The van der Waals surface area contributed by atoms with Crippen LogP contribution in [0, 0.1) is 5.92 Å². The SMILES string of the molecule is O=C(NCC1CN(c2cc3c(nn2)CCC3)C1)c1ccc(=O)[nH]c1. The number of aromatic amines is 1. The molecule has 0 spiro atoms. The van der Waals surface area contributed by atoms with E-state index in [0.717, 1.165) is 37.4 Å². The second-order valence-corrected chi connectivity index (χ2v) is 6.45. The van der Waals surface area contributed by atoms with Crippen molar-refractivity contribution in [3.05, 3.63) is 51.6 Å². The zero-order chi connectivity index (χ0) is 16.5. The number of hydrogen-bond acceptors (Lipinski definition) is 5. The number of pyridine rings is 1. The average Bonchev–Trinajstić information content (AvgIpc) is 3.01. The first kappa shape index (κ1) is 14.9. The van der Waals surface area contributed by atoms with Crippen LogP contribution < -0.4 is 15.8 Å². The Balaban J connectivity index is 1.28. The maximum atomic E-state index is 12.0. The summed E-state index contributed by atoms with van der Waals surface area (Å²) in [5.41, 5.74) is 2.73. The molecule has 2 N–H and O–H groups in total. The molecule has 1 amide bonds. The van der Waals surface area contributed by atoms with Crippen molar-refractivity contribution < 1.29 is 4.79 Å². The van der Waals surface area contributed by atoms with Crippen molar-refractivity contribution in [2.24, 2.45) is 5.92 Å². The van der Waals surface area contributed by atoms with Gasteiger partial charge in [0.1, 0.15) is 0 Å². The number of H-pyrrole nitrogens is 1. The van der Waals surface area contributed by atoms with Gasteiger partial charge in [0.25, 0.3) is 5.91 Å². The van der Waals surface area contributed by atoms with Crippen LogP contribution in [0.5, 0.6) is 0 Å². The van der Waals surface area contributed by atoms with Gasteiger partial charge in [0.15, 0.2) is 5.82 Å². The van der Waals surface area contributed by atoms with Crippen molar-refractivity contribution in [1.29, 1.82) is 0 Å². The molecule has 4 rings (SSSR count). The Bertz CT molecular complexity index is 805. The molecule has 1 aliphatic carbocycles. The van der Waals surface area contributed by atoms with Crippen LogP contribution in [0.1, 0.15) is 28.0 Å². The minimum absolute atomic E-state index is 0.165. The monoisotopic (exact) mass is 325 g/mol. The number of carbonyl (C=O) groups is 1. The summed E-state index contributed by atoms with van der Waals surface area (Å²) in [5.74, 6) is 1.19. The van der Waals surface area contributed by atoms with Gasteiger partial charge in [-0.25, -0.2) is 0 Å². The van der Waals surface area contributed by atoms with Gasteiger partial charge in [-0.2, -0.15) is 5.10 Å². The summed E-state index contributed by atoms with van der Waals surface area (Å²) in [6.07, 6.45) is 4.75. The molecule has 1 saturated heterocycles. The number of nitrogens with one attached hydrogen (secondary N) is 2. The second kappa shape index (κ2) is 6.07. The smallest absolute Gasteiger partial charge is 0.252 e. The molecule has 24 heavy (non-hydrogen) atoms. The van der Waals surface area contributed by atoms with Gasteiger partial charge in [0, 0.05) is 37.8 Å². The van der Waals surface area contributed by atoms with E-state index in [1.54, 1.807) is 0 Å². The van der Waals surface area contributed by atoms with Crippen molar-refractivity contribution >= 4 is 11.7 Å². The van der Waals surface area contributed by atoms with E-state index in [4.69, 9.17) is 0 Å². The maximum Gasteiger partial charge on any atom is 0.252 e. The molecule has 2 aromatic heterocycles. The number of fused-ring (bicyclic) bond motifs is 1. The number of anilines is 1. The van der Waals surface area contributed by atoms with Crippen molar-refractivity contribution in [2.45, 2.75) is 19.3 Å². The molecule has 2 aromatic rings. The highest BCUT2D eigenvalue weighted by Gasteiger charge is 2.29. The molecule has 7 nitrogen and oxygen atoms in total. The second-order valence-electron chi connectivity index (χ2n) is 6.45. The summed E-state index contributed by atoms with van der Waals surface area (Å²) in [7, 11) is 0. The third-order valence-corrected chi connectivity index (χ3v) is 4.69. The molecule has 0 unspecified atom stereocenters. The van der Waals surface area contributed by atoms with Gasteiger partial charge < -0.3 is 15.2 Å². The normalized spacial score (nSPS) is 16.6. The molecule has 7 heteroatoms. The third kappa shape index (κ3) is 2.89. The average molecular weight is 325 g/mol. The van der Waals surface area contributed by atoms with Crippen molar-refractivity contribution in [2.75, 3.05) is 24.5 Å². The lowest BCUT2D eigenvalue weighted by molar-refractivity contribution is 0.0944. The molecule has 1 aliphatic heterocycles. The van der Waals surface area contributed by atoms with Crippen LogP contribution in [0.2, 0.25) is 0 Å². The zero-order valence-corrected chi connectivity index (χ0v) is 13.3. The highest BCUT2D eigenvalue weighted by molar-refractivity contribution is 5.93. The van der Waals surface area contributed by atoms with Crippen LogP contribution in [0.15, 0.2) is 29.2 Å². The Morgan fingerprint density at radius 2 is 2.17 bits per heavy atom. The Hall–Kier alpha value is -2.70. The molecular weight excluding hydrogens is 306 g/mol. The van der Waals surface area contributed by atoms with Crippen LogP contribution in [-0.2, 0) is 12.8 Å². The van der Waals surface area contributed by atoms with E-state index in [1.165, 1.54) is 30.3 Å². The number of hydrogen-bond donors (Lipinski definition) is 2. The number of carbonyl (C=O) groups excluding carboxylic acids is 1. The van der Waals surface area contributed by atoms with E-state index in [9.17, 15) is 9.59 Å². The first-order valence-corrected chi connectivity index (χ1v) is 8.26. The van der Waals surface area contributed by atoms with E-state index >= 15 is 0 Å². The molecule has 0 aromatic carbocycles. The molecule has 0 atom stereocenters. The van der Waals surface area contributed by atoms with E-state index in [1.807, 2.05) is 0 Å². The lowest BCUT2D eigenvalue weighted by Gasteiger charge is -2.40. The van der Waals surface area contributed by atoms with Crippen LogP contribution in [0.25, 0.3) is 0 Å². The van der Waals surface area contributed by atoms with E-state index in [2.05, 4.69) is 31.5 Å². The van der Waals surface area contributed by atoms with Gasteiger partial charge in [0.05, 0.1) is 11.3 Å². The van der Waals surface area contributed by atoms with Gasteiger partial charge in [-0.3, -0.25) is 9.59 Å². The lowest BCUT2D eigenvalue weighted by atomic mass is 10.00. The van der Waals surface area contributed by atoms with Gasteiger partial charge in [-0.15, -0.1) is 5.10 Å². The van der Waals surface area contributed by atoms with Crippen LogP contribution >= 0.6 is 0 Å². The van der Waals surface area contributed by atoms with Gasteiger partial charge in [-0.05, 0) is 37.0 Å². The minimum atomic E-state index is -0.211. The molecule has 0 radical (unpaired) electrons. The van der Waals surface area contributed by atoms with Gasteiger partial charge in [0.2, 0.25) is 5.56 Å². The van der Waals surface area contributed by atoms with E-state index in [0.29, 0.717) is 18.0 Å². The first-order chi connectivity index (χ1) is 11.7. The summed E-state index contributed by atoms with van der Waals surface area (Å²) >= 11 is 0. The fourth-order valence-electron chi connectivity index (χ4n) is 3.25. The van der Waals surface area contributed by atoms with Crippen LogP contribution in [0.3, 0.4) is 0 Å². The van der Waals surface area contributed by atoms with Crippen molar-refractivity contribution in [3.63, 3.8) is 0 Å². The molecule has 124 valence electrons. The number of rotatable bonds is 4. The Morgan fingerprint density at radius 1 is 1.29 bits per heavy atom. The topological polar surface area (TPSA) is 91.0 Å². The summed E-state index contributed by atoms with van der Waals surface area (Å²) in [6, 6.07) is 5.04. The van der Waals surface area contributed by atoms with Crippen LogP contribution in [-0.4, -0.2) is 40.7 Å². The number of aryl methyl sites for hydroxylation is 2. The lowest BCUT2D eigenvalue weighted by Crippen LogP contribution is -2.52. The van der Waals surface area contributed by atoms with E-state index in [-0.39, 0.29) is 11.5 Å². The number of amides is 1. The van der Waals surface area contributed by atoms with Gasteiger partial charge >= 0.3 is 0 Å². The maximum absolute atomic E-state index is 12.0. The summed E-state index contributed by atoms with van der Waals surface area (Å²) in [5, 5.41) is 11.5. The largest absolute Gasteiger partial charge is 0.354 e. The third-order valence-electron chi connectivity index (χ3n) is 4.69. The predicted molar refractivity (Wildman–Crippen MR) is 89.2 cm³/mol. The van der Waals surface area contributed by atoms with E-state index < -0.39 is 0 Å². The fraction of sp³-hybridized carbons (Fsp3) is 0.412. The summed E-state index contributed by atoms with van der Waals surface area (Å²) in [6.45, 7) is 2.37. The van der Waals surface area contributed by atoms with Gasteiger partial charge in [-0.1, -0.05) is 0 Å². The van der Waals surface area contributed by atoms with Crippen LogP contribution in [0.4, 0.5) is 5.82 Å². The standard InChI is InChI=1S/C17H19N5O2/c23-16-5-4-13(8-18-16)17(24)19-7-11-9-22(10-11)15-6-12-2-1-3-14(12)20-21-15/h4-6,8,11H,1-3,7,9-10H2,(H,18,23)(H,19,24). The van der Waals surface area contributed by atoms with Crippen molar-refractivity contribution in [3.8, 4) is 0 Å². The fourth-order valence-corrected chi connectivity index (χ4v) is 3.25. The van der Waals surface area contributed by atoms with Crippen molar-refractivity contribution in [1.82, 2.24) is 20.5 Å². The highest BCUT2D eigenvalue weighted by atomic mass is 16.1. The molecule has 3 heterocycles. The quantitative estimate of drug-likeness (QED) is 0.855. The minimum Gasteiger partial charge on any atom is -0.354 e. The molecular formula is C17H19N5O2. The molecule has 1 fully saturated rings.